The summed E-state index contributed by atoms with van der Waals surface area (Å²) >= 11 is 0. The van der Waals surface area contributed by atoms with Crippen molar-refractivity contribution in [1.82, 2.24) is 29.7 Å². The standard InChI is InChI=1S/C18H15FN6O/c1-24(18(26)15-3-2-4-16-20-11-22-25(15)16)10-13-9-21-23-17(13)12-5-7-14(19)8-6-12/h2-9,11H,10H2,1H3,(H,21,23). The Bertz CT molecular complexity index is 1070. The first-order chi connectivity index (χ1) is 12.6. The zero-order valence-corrected chi connectivity index (χ0v) is 13.9. The number of benzene rings is 1. The van der Waals surface area contributed by atoms with Crippen molar-refractivity contribution in [2.45, 2.75) is 6.54 Å². The third-order valence-electron chi connectivity index (χ3n) is 4.13. The van der Waals surface area contributed by atoms with Crippen molar-refractivity contribution in [1.29, 1.82) is 0 Å². The maximum Gasteiger partial charge on any atom is 0.272 e. The predicted molar refractivity (Wildman–Crippen MR) is 92.8 cm³/mol. The Morgan fingerprint density at radius 3 is 2.85 bits per heavy atom. The minimum absolute atomic E-state index is 0.188. The summed E-state index contributed by atoms with van der Waals surface area (Å²) < 4.78 is 14.7. The van der Waals surface area contributed by atoms with Crippen LogP contribution in [0.15, 0.2) is 55.0 Å². The molecule has 3 aromatic heterocycles. The molecular formula is C18H15FN6O. The van der Waals surface area contributed by atoms with E-state index in [9.17, 15) is 9.18 Å². The molecule has 0 radical (unpaired) electrons. The van der Waals surface area contributed by atoms with E-state index in [1.807, 2.05) is 0 Å². The molecule has 0 fully saturated rings. The van der Waals surface area contributed by atoms with E-state index in [4.69, 9.17) is 0 Å². The van der Waals surface area contributed by atoms with Crippen LogP contribution >= 0.6 is 0 Å². The zero-order chi connectivity index (χ0) is 18.1. The fourth-order valence-corrected chi connectivity index (χ4v) is 2.83. The number of halogens is 1. The highest BCUT2D eigenvalue weighted by Crippen LogP contribution is 2.22. The number of H-pyrrole nitrogens is 1. The summed E-state index contributed by atoms with van der Waals surface area (Å²) in [7, 11) is 1.71. The van der Waals surface area contributed by atoms with Gasteiger partial charge < -0.3 is 4.90 Å². The van der Waals surface area contributed by atoms with Gasteiger partial charge >= 0.3 is 0 Å². The number of hydrogen-bond acceptors (Lipinski definition) is 4. The number of hydrogen-bond donors (Lipinski definition) is 1. The molecule has 0 bridgehead atoms. The van der Waals surface area contributed by atoms with E-state index >= 15 is 0 Å². The van der Waals surface area contributed by atoms with Crippen LogP contribution < -0.4 is 0 Å². The summed E-state index contributed by atoms with van der Waals surface area (Å²) in [6.07, 6.45) is 3.08. The molecule has 3 heterocycles. The summed E-state index contributed by atoms with van der Waals surface area (Å²) in [6, 6.07) is 11.4. The van der Waals surface area contributed by atoms with Gasteiger partial charge in [0, 0.05) is 24.7 Å². The largest absolute Gasteiger partial charge is 0.336 e. The molecule has 7 nitrogen and oxygen atoms in total. The van der Waals surface area contributed by atoms with Gasteiger partial charge in [-0.1, -0.05) is 6.07 Å². The van der Waals surface area contributed by atoms with E-state index in [0.29, 0.717) is 17.9 Å². The smallest absolute Gasteiger partial charge is 0.272 e. The molecule has 0 spiro atoms. The van der Waals surface area contributed by atoms with Crippen LogP contribution in [0.3, 0.4) is 0 Å². The molecular weight excluding hydrogens is 335 g/mol. The van der Waals surface area contributed by atoms with Gasteiger partial charge in [0.25, 0.3) is 5.91 Å². The molecule has 8 heteroatoms. The normalized spacial score (nSPS) is 11.0. The highest BCUT2D eigenvalue weighted by Gasteiger charge is 2.18. The Labute approximate surface area is 148 Å². The SMILES string of the molecule is CN(Cc1cn[nH]c1-c1ccc(F)cc1)C(=O)c1cccc2ncnn12. The van der Waals surface area contributed by atoms with Crippen molar-refractivity contribution < 1.29 is 9.18 Å². The van der Waals surface area contributed by atoms with Crippen LogP contribution in [-0.2, 0) is 6.54 Å². The number of pyridine rings is 1. The lowest BCUT2D eigenvalue weighted by Gasteiger charge is -2.17. The van der Waals surface area contributed by atoms with E-state index in [-0.39, 0.29) is 11.7 Å². The topological polar surface area (TPSA) is 79.2 Å². The Hall–Kier alpha value is -3.55. The second-order valence-electron chi connectivity index (χ2n) is 5.88. The number of aromatic nitrogens is 5. The van der Waals surface area contributed by atoms with Crippen LogP contribution in [0.1, 0.15) is 16.1 Å². The first kappa shape index (κ1) is 15.9. The number of carbonyl (C=O) groups is 1. The second-order valence-corrected chi connectivity index (χ2v) is 5.88. The molecule has 130 valence electrons. The lowest BCUT2D eigenvalue weighted by Crippen LogP contribution is -2.28. The molecule has 0 atom stereocenters. The molecule has 0 saturated heterocycles. The van der Waals surface area contributed by atoms with Crippen LogP contribution in [0.4, 0.5) is 4.39 Å². The molecule has 4 rings (SSSR count). The van der Waals surface area contributed by atoms with Crippen LogP contribution in [0.2, 0.25) is 0 Å². The number of nitrogens with zero attached hydrogens (tertiary/aromatic N) is 5. The fourth-order valence-electron chi connectivity index (χ4n) is 2.83. The maximum atomic E-state index is 13.1. The van der Waals surface area contributed by atoms with Crippen molar-refractivity contribution in [3.8, 4) is 11.3 Å². The molecule has 4 aromatic rings. The van der Waals surface area contributed by atoms with Crippen molar-refractivity contribution in [2.75, 3.05) is 7.05 Å². The van der Waals surface area contributed by atoms with Crippen molar-refractivity contribution in [3.63, 3.8) is 0 Å². The number of carbonyl (C=O) groups excluding carboxylic acids is 1. The average molecular weight is 350 g/mol. The van der Waals surface area contributed by atoms with E-state index in [1.165, 1.54) is 23.0 Å². The predicted octanol–water partition coefficient (Wildman–Crippen LogP) is 2.53. The third kappa shape index (κ3) is 2.81. The molecule has 1 aromatic carbocycles. The van der Waals surface area contributed by atoms with Crippen LogP contribution in [0.5, 0.6) is 0 Å². The van der Waals surface area contributed by atoms with Gasteiger partial charge in [0.1, 0.15) is 17.8 Å². The molecule has 0 aliphatic carbocycles. The van der Waals surface area contributed by atoms with Gasteiger partial charge in [-0.05, 0) is 36.4 Å². The summed E-state index contributed by atoms with van der Waals surface area (Å²) in [5.74, 6) is -0.490. The van der Waals surface area contributed by atoms with Gasteiger partial charge in [-0.25, -0.2) is 13.9 Å². The summed E-state index contributed by atoms with van der Waals surface area (Å²) in [5.41, 5.74) is 3.42. The number of fused-ring (bicyclic) bond motifs is 1. The average Bonchev–Trinajstić information content (AvgIpc) is 3.30. The van der Waals surface area contributed by atoms with Gasteiger partial charge in [-0.2, -0.15) is 10.2 Å². The van der Waals surface area contributed by atoms with Gasteiger partial charge in [0.2, 0.25) is 0 Å². The van der Waals surface area contributed by atoms with Crippen LogP contribution in [0, 0.1) is 5.82 Å². The van der Waals surface area contributed by atoms with Crippen LogP contribution in [-0.4, -0.2) is 42.7 Å². The monoisotopic (exact) mass is 350 g/mol. The lowest BCUT2D eigenvalue weighted by molar-refractivity contribution is 0.0776. The zero-order valence-electron chi connectivity index (χ0n) is 13.9. The molecule has 0 saturated carbocycles. The summed E-state index contributed by atoms with van der Waals surface area (Å²) in [4.78, 5) is 18.5. The summed E-state index contributed by atoms with van der Waals surface area (Å²) in [5, 5.41) is 11.1. The second kappa shape index (κ2) is 6.40. The van der Waals surface area contributed by atoms with Crippen molar-refractivity contribution >= 4 is 11.6 Å². The van der Waals surface area contributed by atoms with Gasteiger partial charge in [0.05, 0.1) is 11.9 Å². The molecule has 1 N–H and O–H groups in total. The van der Waals surface area contributed by atoms with Crippen LogP contribution in [0.25, 0.3) is 16.9 Å². The third-order valence-corrected chi connectivity index (χ3v) is 4.13. The first-order valence-corrected chi connectivity index (χ1v) is 7.96. The Morgan fingerprint density at radius 1 is 1.23 bits per heavy atom. The maximum absolute atomic E-state index is 13.1. The molecule has 0 aliphatic rings. The molecule has 1 amide bonds. The molecule has 26 heavy (non-hydrogen) atoms. The van der Waals surface area contributed by atoms with E-state index in [0.717, 1.165) is 16.8 Å². The van der Waals surface area contributed by atoms with Gasteiger partial charge in [0.15, 0.2) is 5.65 Å². The molecule has 0 aliphatic heterocycles. The Balaban J connectivity index is 1.60. The van der Waals surface area contributed by atoms with Crippen molar-refractivity contribution in [3.05, 3.63) is 72.1 Å². The quantitative estimate of drug-likeness (QED) is 0.613. The van der Waals surface area contributed by atoms with Crippen molar-refractivity contribution in [2.24, 2.45) is 0 Å². The lowest BCUT2D eigenvalue weighted by atomic mass is 10.1. The van der Waals surface area contributed by atoms with E-state index < -0.39 is 0 Å². The number of rotatable bonds is 4. The Morgan fingerprint density at radius 2 is 2.04 bits per heavy atom. The summed E-state index contributed by atoms with van der Waals surface area (Å²) in [6.45, 7) is 0.340. The first-order valence-electron chi connectivity index (χ1n) is 7.96. The highest BCUT2D eigenvalue weighted by molar-refractivity contribution is 5.93. The minimum Gasteiger partial charge on any atom is -0.336 e. The number of nitrogens with one attached hydrogen (secondary N) is 1. The highest BCUT2D eigenvalue weighted by atomic mass is 19.1. The van der Waals surface area contributed by atoms with Gasteiger partial charge in [-0.3, -0.25) is 9.89 Å². The van der Waals surface area contributed by atoms with Gasteiger partial charge in [-0.15, -0.1) is 0 Å². The molecule has 0 unspecified atom stereocenters. The van der Waals surface area contributed by atoms with E-state index in [1.54, 1.807) is 48.5 Å². The minimum atomic E-state index is -0.303. The Kier molecular flexibility index (Phi) is 3.92. The van der Waals surface area contributed by atoms with E-state index in [2.05, 4.69) is 20.3 Å². The number of aromatic amines is 1. The fraction of sp³-hybridized carbons (Fsp3) is 0.111. The number of amides is 1.